The molecule has 1 fully saturated rings. The Labute approximate surface area is 106 Å². The molecule has 1 aliphatic heterocycles. The van der Waals surface area contributed by atoms with E-state index in [2.05, 4.69) is 9.88 Å². The van der Waals surface area contributed by atoms with Gasteiger partial charge in [-0.2, -0.15) is 0 Å². The van der Waals surface area contributed by atoms with Gasteiger partial charge in [-0.1, -0.05) is 11.3 Å². The van der Waals surface area contributed by atoms with Crippen molar-refractivity contribution in [3.8, 4) is 0 Å². The number of aromatic nitrogens is 1. The van der Waals surface area contributed by atoms with Crippen molar-refractivity contribution < 1.29 is 9.84 Å². The van der Waals surface area contributed by atoms with Gasteiger partial charge in [0.15, 0.2) is 5.13 Å². The maximum atomic E-state index is 9.63. The highest BCUT2D eigenvalue weighted by atomic mass is 32.1. The van der Waals surface area contributed by atoms with Gasteiger partial charge in [-0.3, -0.25) is 0 Å². The molecule has 1 N–H and O–H groups in total. The van der Waals surface area contributed by atoms with Crippen LogP contribution in [-0.4, -0.2) is 36.9 Å². The third-order valence-corrected chi connectivity index (χ3v) is 4.55. The minimum Gasteiger partial charge on any atom is -0.388 e. The van der Waals surface area contributed by atoms with Gasteiger partial charge in [0.1, 0.15) is 0 Å². The second-order valence-corrected chi connectivity index (χ2v) is 5.69. The fraction of sp³-hybridized carbons (Fsp3) is 0.750. The number of hydrogen-bond donors (Lipinski definition) is 1. The number of nitrogens with zero attached hydrogens (tertiary/aromatic N) is 2. The van der Waals surface area contributed by atoms with E-state index in [9.17, 15) is 5.11 Å². The van der Waals surface area contributed by atoms with E-state index in [1.807, 2.05) is 6.92 Å². The van der Waals surface area contributed by atoms with Gasteiger partial charge >= 0.3 is 0 Å². The number of aryl methyl sites for hydroxylation is 1. The molecule has 0 bridgehead atoms. The summed E-state index contributed by atoms with van der Waals surface area (Å²) in [5, 5.41) is 10.7. The van der Waals surface area contributed by atoms with Gasteiger partial charge in [0, 0.05) is 26.1 Å². The lowest BCUT2D eigenvalue weighted by atomic mass is 10.1. The van der Waals surface area contributed by atoms with E-state index < -0.39 is 6.10 Å². The molecule has 1 aromatic heterocycles. The largest absolute Gasteiger partial charge is 0.388 e. The zero-order valence-corrected chi connectivity index (χ0v) is 11.5. The number of rotatable bonds is 4. The van der Waals surface area contributed by atoms with Crippen molar-refractivity contribution in [1.29, 1.82) is 0 Å². The van der Waals surface area contributed by atoms with Gasteiger partial charge in [-0.05, 0) is 20.3 Å². The minimum atomic E-state index is -0.418. The van der Waals surface area contributed by atoms with Gasteiger partial charge in [0.2, 0.25) is 0 Å². The molecular formula is C12H20N2O2S. The van der Waals surface area contributed by atoms with Crippen LogP contribution in [0.25, 0.3) is 0 Å². The lowest BCUT2D eigenvalue weighted by molar-refractivity contribution is 0.161. The molecule has 0 aliphatic carbocycles. The normalized spacial score (nSPS) is 22.1. The Morgan fingerprint density at radius 2 is 2.41 bits per heavy atom. The third kappa shape index (κ3) is 2.78. The molecule has 0 saturated carbocycles. The smallest absolute Gasteiger partial charge is 0.185 e. The van der Waals surface area contributed by atoms with Crippen LogP contribution < -0.4 is 4.90 Å². The average Bonchev–Trinajstić information content (AvgIpc) is 2.85. The number of aliphatic hydroxyl groups is 1. The Kier molecular flexibility index (Phi) is 4.01. The van der Waals surface area contributed by atoms with Crippen LogP contribution in [0.4, 0.5) is 5.13 Å². The van der Waals surface area contributed by atoms with E-state index in [0.29, 0.717) is 5.92 Å². The standard InChI is InChI=1S/C12H20N2O2S/c1-8-11(9(2)15)17-12(13-8)14-5-4-10(6-14)7-16-3/h9-10,15H,4-7H2,1-3H3. The predicted molar refractivity (Wildman–Crippen MR) is 69.7 cm³/mol. The lowest BCUT2D eigenvalue weighted by Crippen LogP contribution is -2.20. The van der Waals surface area contributed by atoms with Crippen LogP contribution in [0.5, 0.6) is 0 Å². The second-order valence-electron chi connectivity index (χ2n) is 4.68. The molecule has 0 amide bonds. The van der Waals surface area contributed by atoms with E-state index in [-0.39, 0.29) is 0 Å². The summed E-state index contributed by atoms with van der Waals surface area (Å²) in [5.41, 5.74) is 0.954. The van der Waals surface area contributed by atoms with Gasteiger partial charge in [-0.15, -0.1) is 0 Å². The molecule has 17 heavy (non-hydrogen) atoms. The number of methoxy groups -OCH3 is 1. The molecule has 0 aromatic carbocycles. The predicted octanol–water partition coefficient (Wildman–Crippen LogP) is 1.98. The molecule has 96 valence electrons. The monoisotopic (exact) mass is 256 g/mol. The van der Waals surface area contributed by atoms with E-state index in [4.69, 9.17) is 4.74 Å². The summed E-state index contributed by atoms with van der Waals surface area (Å²) in [6.45, 7) is 6.64. The summed E-state index contributed by atoms with van der Waals surface area (Å²) in [6, 6.07) is 0. The third-order valence-electron chi connectivity index (χ3n) is 3.16. The molecule has 2 heterocycles. The number of ether oxygens (including phenoxy) is 1. The van der Waals surface area contributed by atoms with Crippen LogP contribution in [0, 0.1) is 12.8 Å². The Morgan fingerprint density at radius 3 is 3.00 bits per heavy atom. The van der Waals surface area contributed by atoms with Crippen molar-refractivity contribution in [3.63, 3.8) is 0 Å². The Bertz CT molecular complexity index is 379. The lowest BCUT2D eigenvalue weighted by Gasteiger charge is -2.14. The van der Waals surface area contributed by atoms with Crippen LogP contribution in [0.1, 0.15) is 30.0 Å². The van der Waals surface area contributed by atoms with Crippen LogP contribution in [0.3, 0.4) is 0 Å². The summed E-state index contributed by atoms with van der Waals surface area (Å²) in [6.07, 6.45) is 0.745. The van der Waals surface area contributed by atoms with Crippen molar-refractivity contribution in [2.45, 2.75) is 26.4 Å². The highest BCUT2D eigenvalue weighted by Gasteiger charge is 2.25. The molecule has 0 radical (unpaired) electrons. The zero-order chi connectivity index (χ0) is 12.4. The average molecular weight is 256 g/mol. The molecular weight excluding hydrogens is 236 g/mol. The minimum absolute atomic E-state index is 0.418. The summed E-state index contributed by atoms with van der Waals surface area (Å²) < 4.78 is 5.19. The zero-order valence-electron chi connectivity index (χ0n) is 10.6. The van der Waals surface area contributed by atoms with Gasteiger partial charge < -0.3 is 14.7 Å². The Hall–Kier alpha value is -0.650. The number of hydrogen-bond acceptors (Lipinski definition) is 5. The van der Waals surface area contributed by atoms with Gasteiger partial charge in [-0.25, -0.2) is 4.98 Å². The molecule has 4 nitrogen and oxygen atoms in total. The summed E-state index contributed by atoms with van der Waals surface area (Å²) in [5.74, 6) is 0.610. The fourth-order valence-corrected chi connectivity index (χ4v) is 3.33. The molecule has 1 saturated heterocycles. The first-order valence-electron chi connectivity index (χ1n) is 6.01. The van der Waals surface area contributed by atoms with E-state index in [1.165, 1.54) is 0 Å². The van der Waals surface area contributed by atoms with Crippen LogP contribution in [-0.2, 0) is 4.74 Å². The van der Waals surface area contributed by atoms with Crippen molar-refractivity contribution >= 4 is 16.5 Å². The Balaban J connectivity index is 2.06. The maximum Gasteiger partial charge on any atom is 0.185 e. The van der Waals surface area contributed by atoms with Crippen molar-refractivity contribution in [1.82, 2.24) is 4.98 Å². The van der Waals surface area contributed by atoms with E-state index in [0.717, 1.165) is 41.8 Å². The second kappa shape index (κ2) is 5.33. The fourth-order valence-electron chi connectivity index (χ4n) is 2.29. The first-order valence-corrected chi connectivity index (χ1v) is 6.82. The number of aliphatic hydroxyl groups excluding tert-OH is 1. The Morgan fingerprint density at radius 1 is 1.65 bits per heavy atom. The molecule has 2 rings (SSSR count). The summed E-state index contributed by atoms with van der Waals surface area (Å²) in [4.78, 5) is 7.83. The van der Waals surface area contributed by atoms with E-state index in [1.54, 1.807) is 25.4 Å². The first kappa shape index (κ1) is 12.8. The highest BCUT2D eigenvalue weighted by Crippen LogP contribution is 2.33. The molecule has 1 aliphatic rings. The molecule has 2 atom stereocenters. The van der Waals surface area contributed by atoms with Crippen LogP contribution in [0.2, 0.25) is 0 Å². The van der Waals surface area contributed by atoms with Crippen LogP contribution in [0.15, 0.2) is 0 Å². The van der Waals surface area contributed by atoms with Gasteiger partial charge in [0.25, 0.3) is 0 Å². The first-order chi connectivity index (χ1) is 8.11. The highest BCUT2D eigenvalue weighted by molar-refractivity contribution is 7.15. The number of anilines is 1. The topological polar surface area (TPSA) is 45.6 Å². The van der Waals surface area contributed by atoms with Crippen molar-refractivity contribution in [2.75, 3.05) is 31.7 Å². The SMILES string of the molecule is COCC1CCN(c2nc(C)c(C(C)O)s2)C1. The number of thiazole rings is 1. The summed E-state index contributed by atoms with van der Waals surface area (Å²) >= 11 is 1.61. The summed E-state index contributed by atoms with van der Waals surface area (Å²) in [7, 11) is 1.75. The molecule has 2 unspecified atom stereocenters. The van der Waals surface area contributed by atoms with Crippen molar-refractivity contribution in [3.05, 3.63) is 10.6 Å². The molecule has 5 heteroatoms. The maximum absolute atomic E-state index is 9.63. The van der Waals surface area contributed by atoms with Gasteiger partial charge in [0.05, 0.1) is 23.3 Å². The quantitative estimate of drug-likeness (QED) is 0.894. The molecule has 0 spiro atoms. The van der Waals surface area contributed by atoms with Crippen LogP contribution >= 0.6 is 11.3 Å². The molecule has 1 aromatic rings. The van der Waals surface area contributed by atoms with Crippen molar-refractivity contribution in [2.24, 2.45) is 5.92 Å². The van der Waals surface area contributed by atoms with E-state index >= 15 is 0 Å².